The third kappa shape index (κ3) is 2.75. The van der Waals surface area contributed by atoms with E-state index in [1.165, 1.54) is 0 Å². The summed E-state index contributed by atoms with van der Waals surface area (Å²) < 4.78 is 0. The van der Waals surface area contributed by atoms with E-state index in [9.17, 15) is 0 Å². The Balaban J connectivity index is 3.02. The van der Waals surface area contributed by atoms with Crippen LogP contribution in [0.5, 0.6) is 0 Å². The van der Waals surface area contributed by atoms with Gasteiger partial charge in [-0.25, -0.2) is 0 Å². The van der Waals surface area contributed by atoms with Crippen molar-refractivity contribution in [2.45, 2.75) is 6.42 Å². The first kappa shape index (κ1) is 11.6. The smallest absolute Gasteiger partial charge is 0.0834 e. The minimum absolute atomic E-state index is 0.365. The molecule has 1 aromatic carbocycles. The summed E-state index contributed by atoms with van der Waals surface area (Å²) in [5.74, 6) is 6.57. The number of anilines is 1. The Labute approximate surface area is 99.0 Å². The molecule has 0 radical (unpaired) electrons. The Morgan fingerprint density at radius 1 is 1.29 bits per heavy atom. The van der Waals surface area contributed by atoms with Gasteiger partial charge in [0.05, 0.1) is 15.7 Å². The number of hydrogen-bond donors (Lipinski definition) is 2. The largest absolute Gasteiger partial charge is 0.397 e. The van der Waals surface area contributed by atoms with E-state index in [0.717, 1.165) is 12.2 Å². The predicted molar refractivity (Wildman–Crippen MR) is 66.2 cm³/mol. The lowest BCUT2D eigenvalue weighted by molar-refractivity contribution is 1.31. The van der Waals surface area contributed by atoms with Gasteiger partial charge in [0.1, 0.15) is 0 Å². The van der Waals surface area contributed by atoms with Gasteiger partial charge in [-0.2, -0.15) is 12.6 Å². The molecule has 1 nitrogen and oxygen atoms in total. The number of nitrogen functional groups attached to an aromatic ring is 1. The first-order valence-electron chi connectivity index (χ1n) is 4.00. The fourth-order valence-electron chi connectivity index (χ4n) is 0.875. The molecular weight excluding hydrogens is 237 g/mol. The van der Waals surface area contributed by atoms with Crippen LogP contribution < -0.4 is 5.73 Å². The van der Waals surface area contributed by atoms with E-state index in [1.807, 2.05) is 0 Å². The van der Waals surface area contributed by atoms with Crippen LogP contribution in [0, 0.1) is 11.8 Å². The summed E-state index contributed by atoms with van der Waals surface area (Å²) in [6.45, 7) is 0. The van der Waals surface area contributed by atoms with Gasteiger partial charge in [-0.3, -0.25) is 0 Å². The van der Waals surface area contributed by atoms with Gasteiger partial charge in [-0.15, -0.1) is 0 Å². The Bertz CT molecular complexity index is 393. The fourth-order valence-corrected chi connectivity index (χ4v) is 1.37. The zero-order valence-corrected chi connectivity index (χ0v) is 9.76. The first-order valence-corrected chi connectivity index (χ1v) is 5.39. The van der Waals surface area contributed by atoms with Crippen molar-refractivity contribution in [3.63, 3.8) is 0 Å². The minimum atomic E-state index is 0.365. The van der Waals surface area contributed by atoms with Crippen LogP contribution in [0.2, 0.25) is 10.0 Å². The Morgan fingerprint density at radius 3 is 2.64 bits per heavy atom. The lowest BCUT2D eigenvalue weighted by Gasteiger charge is -2.01. The highest BCUT2D eigenvalue weighted by Gasteiger charge is 2.05. The molecule has 74 valence electrons. The van der Waals surface area contributed by atoms with Crippen molar-refractivity contribution < 1.29 is 0 Å². The summed E-state index contributed by atoms with van der Waals surface area (Å²) >= 11 is 15.8. The van der Waals surface area contributed by atoms with E-state index in [2.05, 4.69) is 24.5 Å². The summed E-state index contributed by atoms with van der Waals surface area (Å²) in [4.78, 5) is 0. The molecule has 0 aliphatic carbocycles. The van der Waals surface area contributed by atoms with Crippen LogP contribution in [0.1, 0.15) is 12.0 Å². The standard InChI is InChI=1S/C10H9Cl2NS/c11-9-7(3-1-2-6-14)4-5-8(13)10(9)12/h4-5,14H,2,6,13H2. The molecule has 0 amide bonds. The monoisotopic (exact) mass is 245 g/mol. The average molecular weight is 246 g/mol. The number of hydrogen-bond acceptors (Lipinski definition) is 2. The second-order valence-electron chi connectivity index (χ2n) is 2.61. The van der Waals surface area contributed by atoms with Crippen molar-refractivity contribution in [3.05, 3.63) is 27.7 Å². The number of thiol groups is 1. The normalized spacial score (nSPS) is 9.36. The predicted octanol–water partition coefficient (Wildman–Crippen LogP) is 3.25. The van der Waals surface area contributed by atoms with E-state index < -0.39 is 0 Å². The van der Waals surface area contributed by atoms with Gasteiger partial charge in [-0.1, -0.05) is 35.0 Å². The van der Waals surface area contributed by atoms with Crippen LogP contribution in [0.3, 0.4) is 0 Å². The number of rotatable bonds is 1. The van der Waals surface area contributed by atoms with Crippen LogP contribution in [0.4, 0.5) is 5.69 Å². The molecule has 0 bridgehead atoms. The lowest BCUT2D eigenvalue weighted by Crippen LogP contribution is -1.88. The highest BCUT2D eigenvalue weighted by atomic mass is 35.5. The van der Waals surface area contributed by atoms with Crippen molar-refractivity contribution >= 4 is 41.5 Å². The van der Waals surface area contributed by atoms with E-state index in [4.69, 9.17) is 28.9 Å². The molecule has 0 fully saturated rings. The molecular formula is C10H9Cl2NS. The second kappa shape index (κ2) is 5.41. The molecule has 4 heteroatoms. The molecule has 0 aromatic heterocycles. The quantitative estimate of drug-likeness (QED) is 0.444. The molecule has 1 rings (SSSR count). The van der Waals surface area contributed by atoms with Crippen LogP contribution in [-0.4, -0.2) is 5.75 Å². The third-order valence-electron chi connectivity index (χ3n) is 1.57. The zero-order valence-electron chi connectivity index (χ0n) is 7.35. The average Bonchev–Trinajstić information content (AvgIpc) is 2.18. The van der Waals surface area contributed by atoms with Gasteiger partial charge in [0.2, 0.25) is 0 Å². The molecule has 0 saturated heterocycles. The van der Waals surface area contributed by atoms with Gasteiger partial charge in [0.15, 0.2) is 0 Å². The molecule has 2 N–H and O–H groups in total. The molecule has 0 aliphatic rings. The van der Waals surface area contributed by atoms with Gasteiger partial charge < -0.3 is 5.73 Å². The maximum Gasteiger partial charge on any atom is 0.0834 e. The molecule has 0 aliphatic heterocycles. The maximum absolute atomic E-state index is 5.94. The Hall–Kier alpha value is -0.490. The van der Waals surface area contributed by atoms with Crippen molar-refractivity contribution in [3.8, 4) is 11.8 Å². The molecule has 0 spiro atoms. The summed E-state index contributed by atoms with van der Waals surface area (Å²) in [7, 11) is 0. The molecule has 14 heavy (non-hydrogen) atoms. The summed E-state index contributed by atoms with van der Waals surface area (Å²) in [6, 6.07) is 3.45. The van der Waals surface area contributed by atoms with Crippen molar-refractivity contribution in [1.82, 2.24) is 0 Å². The van der Waals surface area contributed by atoms with Gasteiger partial charge >= 0.3 is 0 Å². The van der Waals surface area contributed by atoms with Gasteiger partial charge in [-0.05, 0) is 12.1 Å². The number of nitrogens with two attached hydrogens (primary N) is 1. The number of benzene rings is 1. The summed E-state index contributed by atoms with van der Waals surface area (Å²) in [5.41, 5.74) is 6.74. The molecule has 0 unspecified atom stereocenters. The topological polar surface area (TPSA) is 26.0 Å². The van der Waals surface area contributed by atoms with Crippen molar-refractivity contribution in [1.29, 1.82) is 0 Å². The van der Waals surface area contributed by atoms with Crippen molar-refractivity contribution in [2.24, 2.45) is 0 Å². The first-order chi connectivity index (χ1) is 6.66. The van der Waals surface area contributed by atoms with Crippen molar-refractivity contribution in [2.75, 3.05) is 11.5 Å². The summed E-state index contributed by atoms with van der Waals surface area (Å²) in [6.07, 6.45) is 0.724. The molecule has 0 heterocycles. The Kier molecular flexibility index (Phi) is 4.47. The van der Waals surface area contributed by atoms with Gasteiger partial charge in [0, 0.05) is 17.7 Å². The lowest BCUT2D eigenvalue weighted by atomic mass is 10.2. The Morgan fingerprint density at radius 2 is 2.00 bits per heavy atom. The second-order valence-corrected chi connectivity index (χ2v) is 3.81. The van der Waals surface area contributed by atoms with E-state index in [-0.39, 0.29) is 0 Å². The van der Waals surface area contributed by atoms with Crippen LogP contribution in [0.15, 0.2) is 12.1 Å². The van der Waals surface area contributed by atoms with Crippen LogP contribution >= 0.6 is 35.8 Å². The highest BCUT2D eigenvalue weighted by molar-refractivity contribution is 7.80. The van der Waals surface area contributed by atoms with Crippen LogP contribution in [0.25, 0.3) is 0 Å². The third-order valence-corrected chi connectivity index (χ3v) is 2.69. The molecule has 1 aromatic rings. The van der Waals surface area contributed by atoms with E-state index >= 15 is 0 Å². The maximum atomic E-state index is 5.94. The molecule has 0 saturated carbocycles. The summed E-state index contributed by atoms with van der Waals surface area (Å²) in [5, 5.41) is 0.780. The highest BCUT2D eigenvalue weighted by Crippen LogP contribution is 2.30. The SMILES string of the molecule is Nc1ccc(C#CCCS)c(Cl)c1Cl. The number of halogens is 2. The van der Waals surface area contributed by atoms with E-state index in [0.29, 0.717) is 21.3 Å². The van der Waals surface area contributed by atoms with Crippen LogP contribution in [-0.2, 0) is 0 Å². The van der Waals surface area contributed by atoms with Gasteiger partial charge in [0.25, 0.3) is 0 Å². The zero-order chi connectivity index (χ0) is 10.6. The van der Waals surface area contributed by atoms with E-state index in [1.54, 1.807) is 12.1 Å². The minimum Gasteiger partial charge on any atom is -0.397 e. The fraction of sp³-hybridized carbons (Fsp3) is 0.200. The molecule has 0 atom stereocenters.